The molecule has 1 nitrogen and oxygen atoms in total. The number of nitrogens with zero attached hydrogens (tertiary/aromatic N) is 1. The number of fused-ring (bicyclic) bond motifs is 3. The molecule has 0 aliphatic carbocycles. The number of para-hydroxylation sites is 2. The minimum atomic E-state index is 0. The molecule has 2 radical (unpaired) electrons. The Kier molecular flexibility index (Phi) is 26.6. The van der Waals surface area contributed by atoms with E-state index in [0.29, 0.717) is 0 Å². The smallest absolute Gasteiger partial charge is 0.0491 e. The number of benzene rings is 6. The van der Waals surface area contributed by atoms with Crippen LogP contribution in [0.4, 0.5) is 0 Å². The Bertz CT molecular complexity index is 1530. The number of aryl methyl sites for hydroxylation is 1. The first-order valence-corrected chi connectivity index (χ1v) is 16.6. The van der Waals surface area contributed by atoms with Crippen molar-refractivity contribution in [2.75, 3.05) is 0 Å². The minimum Gasteiger partial charge on any atom is -0.341 e. The molecule has 6 aromatic carbocycles. The van der Waals surface area contributed by atoms with E-state index < -0.39 is 0 Å². The maximum absolute atomic E-state index is 3.15. The van der Waals surface area contributed by atoms with E-state index in [1.165, 1.54) is 28.2 Å². The van der Waals surface area contributed by atoms with E-state index in [4.69, 9.17) is 0 Å². The van der Waals surface area contributed by atoms with Crippen LogP contribution >= 0.6 is 0 Å². The normalized spacial score (nSPS) is 8.98. The molecule has 244 valence electrons. The molecular weight excluding hydrogens is 732 g/mol. The van der Waals surface area contributed by atoms with E-state index in [-0.39, 0.29) is 65.4 Å². The van der Waals surface area contributed by atoms with Crippen LogP contribution in [0.3, 0.4) is 0 Å². The third-order valence-electron chi connectivity index (χ3n) is 6.41. The van der Waals surface area contributed by atoms with Gasteiger partial charge < -0.3 is 4.57 Å². The van der Waals surface area contributed by atoms with Gasteiger partial charge in [-0.15, -0.1) is 24.3 Å². The summed E-state index contributed by atoms with van der Waals surface area (Å²) < 4.78 is 2.37. The summed E-state index contributed by atoms with van der Waals surface area (Å²) in [5.41, 5.74) is 7.05. The van der Waals surface area contributed by atoms with E-state index in [1.54, 1.807) is 0 Å². The van der Waals surface area contributed by atoms with Crippen molar-refractivity contribution in [3.05, 3.63) is 170 Å². The first-order valence-electron chi connectivity index (χ1n) is 16.6. The van der Waals surface area contributed by atoms with Crippen molar-refractivity contribution >= 4 is 21.8 Å². The van der Waals surface area contributed by atoms with Crippen LogP contribution in [-0.4, -0.2) is 4.57 Å². The SMILES string of the molecule is CC.CC.CCC.CCn1c2ccccc2c2ccccc21.[Y].[Y].[c-]1ccccc1-c1[c-]cccc1.[c-]1ccccc1-c1[c-]cccc1. The van der Waals surface area contributed by atoms with E-state index in [2.05, 4.69) is 98.1 Å². The molecule has 48 heavy (non-hydrogen) atoms. The Morgan fingerprint density at radius 1 is 0.396 bits per heavy atom. The summed E-state index contributed by atoms with van der Waals surface area (Å²) in [5, 5.41) is 2.71. The van der Waals surface area contributed by atoms with Crippen LogP contribution in [0.15, 0.2) is 146 Å². The van der Waals surface area contributed by atoms with E-state index in [9.17, 15) is 0 Å². The number of rotatable bonds is 3. The molecule has 1 aromatic heterocycles. The fourth-order valence-electron chi connectivity index (χ4n) is 4.59. The van der Waals surface area contributed by atoms with Crippen molar-refractivity contribution in [1.29, 1.82) is 0 Å². The summed E-state index contributed by atoms with van der Waals surface area (Å²) in [6.45, 7) is 15.5. The quantitative estimate of drug-likeness (QED) is 0.157. The second-order valence-electron chi connectivity index (χ2n) is 9.59. The van der Waals surface area contributed by atoms with Crippen molar-refractivity contribution in [3.8, 4) is 22.3 Å². The van der Waals surface area contributed by atoms with Crippen molar-refractivity contribution in [3.63, 3.8) is 0 Å². The molecule has 0 saturated carbocycles. The standard InChI is InChI=1S/C14H13N.2C12H8.C3H8.2C2H6.2Y/c1-2-15-13-9-5-3-7-11(13)12-8-4-6-10-14(12)15;2*1-3-7-11(8-4-1)12-9-5-2-6-10-12;1-3-2;2*1-2;;/h3-10H,2H2,1H3;2*1-7,9H;3H2,1-2H3;2*1-2H3;;/q;2*-2;;;;;. The Labute approximate surface area is 342 Å². The predicted octanol–water partition coefficient (Wildman–Crippen LogP) is 13.2. The minimum absolute atomic E-state index is 0. The largest absolute Gasteiger partial charge is 0.341 e. The fourth-order valence-corrected chi connectivity index (χ4v) is 4.59. The topological polar surface area (TPSA) is 4.93 Å². The van der Waals surface area contributed by atoms with Gasteiger partial charge in [0.25, 0.3) is 0 Å². The van der Waals surface area contributed by atoms with Crippen molar-refractivity contribution in [1.82, 2.24) is 4.57 Å². The Morgan fingerprint density at radius 3 is 0.875 bits per heavy atom. The van der Waals surface area contributed by atoms with Gasteiger partial charge in [0.1, 0.15) is 0 Å². The molecule has 0 aliphatic rings. The van der Waals surface area contributed by atoms with Gasteiger partial charge in [0.15, 0.2) is 0 Å². The van der Waals surface area contributed by atoms with Gasteiger partial charge in [-0.05, 0) is 19.1 Å². The molecule has 0 aliphatic heterocycles. The average molecular weight is 782 g/mol. The molecule has 7 aromatic rings. The molecule has 0 N–H and O–H groups in total. The zero-order valence-corrected chi connectivity index (χ0v) is 35.5. The summed E-state index contributed by atoms with van der Waals surface area (Å²) in [6.07, 6.45) is 1.25. The van der Waals surface area contributed by atoms with Crippen LogP contribution in [0, 0.1) is 24.3 Å². The van der Waals surface area contributed by atoms with Gasteiger partial charge in [0, 0.05) is 93.8 Å². The van der Waals surface area contributed by atoms with E-state index in [1.807, 2.05) is 125 Å². The third-order valence-corrected chi connectivity index (χ3v) is 6.41. The predicted molar refractivity (Wildman–Crippen MR) is 203 cm³/mol. The van der Waals surface area contributed by atoms with Crippen LogP contribution in [0.1, 0.15) is 54.9 Å². The molecule has 0 fully saturated rings. The summed E-state index contributed by atoms with van der Waals surface area (Å²) in [5.74, 6) is 0. The zero-order valence-electron chi connectivity index (χ0n) is 29.9. The van der Waals surface area contributed by atoms with Gasteiger partial charge in [-0.1, -0.05) is 84.4 Å². The Balaban J connectivity index is 0.000000623. The Morgan fingerprint density at radius 2 is 0.646 bits per heavy atom. The van der Waals surface area contributed by atoms with Crippen LogP contribution in [-0.2, 0) is 72.0 Å². The fraction of sp³-hybridized carbons (Fsp3) is 0.200. The first kappa shape index (κ1) is 45.3. The summed E-state index contributed by atoms with van der Waals surface area (Å²) >= 11 is 0. The van der Waals surface area contributed by atoms with Gasteiger partial charge in [0.05, 0.1) is 0 Å². The molecule has 0 bridgehead atoms. The molecule has 1 heterocycles. The first-order chi connectivity index (χ1) is 22.8. The summed E-state index contributed by atoms with van der Waals surface area (Å²) in [4.78, 5) is 0. The van der Waals surface area contributed by atoms with Crippen molar-refractivity contribution in [2.24, 2.45) is 0 Å². The van der Waals surface area contributed by atoms with Gasteiger partial charge >= 0.3 is 0 Å². The molecule has 0 spiro atoms. The average Bonchev–Trinajstić information content (AvgIpc) is 3.49. The second-order valence-corrected chi connectivity index (χ2v) is 9.59. The maximum atomic E-state index is 3.15. The molecule has 3 heteroatoms. The second kappa shape index (κ2) is 28.2. The van der Waals surface area contributed by atoms with Crippen LogP contribution in [0.25, 0.3) is 44.1 Å². The number of hydrogen-bond donors (Lipinski definition) is 0. The van der Waals surface area contributed by atoms with Crippen molar-refractivity contribution in [2.45, 2.75) is 61.4 Å². The van der Waals surface area contributed by atoms with Gasteiger partial charge in [-0.3, -0.25) is 0 Å². The van der Waals surface area contributed by atoms with Gasteiger partial charge in [0.2, 0.25) is 0 Å². The van der Waals surface area contributed by atoms with Crippen molar-refractivity contribution < 1.29 is 65.4 Å². The summed E-state index contributed by atoms with van der Waals surface area (Å²) in [6, 6.07) is 61.5. The van der Waals surface area contributed by atoms with E-state index >= 15 is 0 Å². The van der Waals surface area contributed by atoms with Crippen LogP contribution < -0.4 is 0 Å². The number of aromatic nitrogens is 1. The van der Waals surface area contributed by atoms with Gasteiger partial charge in [-0.25, -0.2) is 22.3 Å². The Hall–Kier alpha value is -2.67. The third kappa shape index (κ3) is 14.4. The molecule has 0 atom stereocenters. The zero-order chi connectivity index (χ0) is 33.4. The monoisotopic (exact) mass is 781 g/mol. The molecule has 0 saturated heterocycles. The molecular formula is C45H49NY2-4. The van der Waals surface area contributed by atoms with Crippen LogP contribution in [0.2, 0.25) is 0 Å². The molecule has 7 rings (SSSR count). The molecule has 0 amide bonds. The van der Waals surface area contributed by atoms with E-state index in [0.717, 1.165) is 28.8 Å². The maximum Gasteiger partial charge on any atom is 0.0491 e. The van der Waals surface area contributed by atoms with Gasteiger partial charge in [-0.2, -0.15) is 97.1 Å². The molecule has 0 unspecified atom stereocenters. The van der Waals surface area contributed by atoms with Crippen LogP contribution in [0.5, 0.6) is 0 Å². The summed E-state index contributed by atoms with van der Waals surface area (Å²) in [7, 11) is 0. The number of hydrogen-bond acceptors (Lipinski definition) is 0.